The van der Waals surface area contributed by atoms with E-state index in [-0.39, 0.29) is 0 Å². The van der Waals surface area contributed by atoms with E-state index >= 15 is 0 Å². The van der Waals surface area contributed by atoms with E-state index in [0.717, 1.165) is 22.0 Å². The first kappa shape index (κ1) is 12.5. The molecule has 104 valence electrons. The zero-order valence-corrected chi connectivity index (χ0v) is 12.3. The molecule has 5 heteroatoms. The van der Waals surface area contributed by atoms with E-state index in [1.165, 1.54) is 5.56 Å². The van der Waals surface area contributed by atoms with Crippen LogP contribution < -0.4 is 0 Å². The molecule has 0 aliphatic rings. The average molecular weight is 294 g/mol. The van der Waals surface area contributed by atoms with Crippen LogP contribution in [0.1, 0.15) is 17.7 Å². The number of para-hydroxylation sites is 2. The topological polar surface area (TPSA) is 46.0 Å². The zero-order chi connectivity index (χ0) is 14.2. The second kappa shape index (κ2) is 4.93. The molecule has 21 heavy (non-hydrogen) atoms. The Kier molecular flexibility index (Phi) is 2.93. The van der Waals surface area contributed by atoms with Crippen molar-refractivity contribution in [3.63, 3.8) is 0 Å². The molecule has 0 aliphatic carbocycles. The molecule has 4 aromatic rings. The number of H-pyrrole nitrogens is 1. The van der Waals surface area contributed by atoms with Crippen LogP contribution in [0.25, 0.3) is 16.8 Å². The smallest absolute Gasteiger partial charge is 0.231 e. The average Bonchev–Trinajstić information content (AvgIpc) is 3.08. The van der Waals surface area contributed by atoms with Gasteiger partial charge in [-0.25, -0.2) is 10.1 Å². The van der Waals surface area contributed by atoms with Crippen molar-refractivity contribution in [2.45, 2.75) is 17.3 Å². The molecule has 0 saturated carbocycles. The normalized spacial score (nSPS) is 13.0. The fraction of sp³-hybridized carbons (Fsp3) is 0.125. The predicted octanol–water partition coefficient (Wildman–Crippen LogP) is 4.06. The Morgan fingerprint density at radius 3 is 2.67 bits per heavy atom. The summed E-state index contributed by atoms with van der Waals surface area (Å²) in [6, 6.07) is 18.6. The summed E-state index contributed by atoms with van der Waals surface area (Å²) in [5.41, 5.74) is 3.37. The van der Waals surface area contributed by atoms with Crippen LogP contribution in [0.4, 0.5) is 0 Å². The van der Waals surface area contributed by atoms with Crippen LogP contribution >= 0.6 is 11.8 Å². The van der Waals surface area contributed by atoms with Crippen molar-refractivity contribution >= 4 is 28.6 Å². The van der Waals surface area contributed by atoms with Gasteiger partial charge in [0.2, 0.25) is 5.78 Å². The SMILES string of the molecule is C[C@H](Sc1n[nH]c2nc3ccccc3n12)c1ccccc1. The van der Waals surface area contributed by atoms with Crippen LogP contribution in [0, 0.1) is 0 Å². The zero-order valence-electron chi connectivity index (χ0n) is 11.5. The van der Waals surface area contributed by atoms with Crippen molar-refractivity contribution in [1.29, 1.82) is 0 Å². The maximum atomic E-state index is 4.55. The van der Waals surface area contributed by atoms with Crippen LogP contribution in [0.2, 0.25) is 0 Å². The number of rotatable bonds is 3. The van der Waals surface area contributed by atoms with Gasteiger partial charge in [-0.1, -0.05) is 54.2 Å². The number of imidazole rings is 1. The summed E-state index contributed by atoms with van der Waals surface area (Å²) in [5, 5.41) is 8.70. The first-order chi connectivity index (χ1) is 10.3. The van der Waals surface area contributed by atoms with Gasteiger partial charge in [0.15, 0.2) is 5.16 Å². The largest absolute Gasteiger partial charge is 0.254 e. The second-order valence-electron chi connectivity index (χ2n) is 4.94. The fourth-order valence-electron chi connectivity index (χ4n) is 2.47. The van der Waals surface area contributed by atoms with Gasteiger partial charge in [-0.3, -0.25) is 4.40 Å². The maximum absolute atomic E-state index is 4.55. The minimum Gasteiger partial charge on any atom is -0.254 e. The quantitative estimate of drug-likeness (QED) is 0.579. The molecule has 2 aromatic carbocycles. The third kappa shape index (κ3) is 2.10. The predicted molar refractivity (Wildman–Crippen MR) is 85.6 cm³/mol. The molecule has 0 spiro atoms. The molecule has 0 aliphatic heterocycles. The number of nitrogens with one attached hydrogen (secondary N) is 1. The molecule has 0 saturated heterocycles. The lowest BCUT2D eigenvalue weighted by atomic mass is 10.2. The summed E-state index contributed by atoms with van der Waals surface area (Å²) in [6.45, 7) is 2.19. The van der Waals surface area contributed by atoms with Gasteiger partial charge in [0, 0.05) is 5.25 Å². The minimum absolute atomic E-state index is 0.332. The van der Waals surface area contributed by atoms with Gasteiger partial charge in [0.05, 0.1) is 11.0 Å². The van der Waals surface area contributed by atoms with Gasteiger partial charge in [0.1, 0.15) is 0 Å². The van der Waals surface area contributed by atoms with E-state index < -0.39 is 0 Å². The standard InChI is InChI=1S/C16H14N4S/c1-11(12-7-3-2-4-8-12)21-16-19-18-15-17-13-9-5-6-10-14(13)20(15)16/h2-11H,1H3,(H,17,18)/t11-/m0/s1. The molecule has 0 fully saturated rings. The third-order valence-corrected chi connectivity index (χ3v) is 4.67. The van der Waals surface area contributed by atoms with Crippen molar-refractivity contribution in [2.75, 3.05) is 0 Å². The van der Waals surface area contributed by atoms with Crippen LogP contribution in [0.5, 0.6) is 0 Å². The van der Waals surface area contributed by atoms with Gasteiger partial charge in [-0.15, -0.1) is 5.10 Å². The molecular formula is C16H14N4S. The van der Waals surface area contributed by atoms with Crippen molar-refractivity contribution in [2.24, 2.45) is 0 Å². The van der Waals surface area contributed by atoms with Gasteiger partial charge in [-0.05, 0) is 24.6 Å². The number of fused-ring (bicyclic) bond motifs is 3. The summed E-state index contributed by atoms with van der Waals surface area (Å²) in [5.74, 6) is 0.791. The number of aromatic amines is 1. The molecule has 0 amide bonds. The van der Waals surface area contributed by atoms with Gasteiger partial charge in [-0.2, -0.15) is 0 Å². The van der Waals surface area contributed by atoms with E-state index in [4.69, 9.17) is 0 Å². The summed E-state index contributed by atoms with van der Waals surface area (Å²) >= 11 is 1.73. The number of hydrogen-bond donors (Lipinski definition) is 1. The summed E-state index contributed by atoms with van der Waals surface area (Å²) in [7, 11) is 0. The van der Waals surface area contributed by atoms with Gasteiger partial charge >= 0.3 is 0 Å². The number of benzene rings is 2. The highest BCUT2D eigenvalue weighted by Gasteiger charge is 2.15. The number of aromatic nitrogens is 4. The summed E-state index contributed by atoms with van der Waals surface area (Å²) < 4.78 is 2.08. The molecule has 0 unspecified atom stereocenters. The van der Waals surface area contributed by atoms with E-state index in [1.54, 1.807) is 11.8 Å². The van der Waals surface area contributed by atoms with E-state index in [1.807, 2.05) is 24.3 Å². The maximum Gasteiger partial charge on any atom is 0.231 e. The Balaban J connectivity index is 1.77. The van der Waals surface area contributed by atoms with E-state index in [2.05, 4.69) is 56.8 Å². The van der Waals surface area contributed by atoms with E-state index in [0.29, 0.717) is 5.25 Å². The monoisotopic (exact) mass is 294 g/mol. The van der Waals surface area contributed by atoms with Crippen molar-refractivity contribution in [3.8, 4) is 0 Å². The highest BCUT2D eigenvalue weighted by Crippen LogP contribution is 2.34. The third-order valence-electron chi connectivity index (χ3n) is 3.55. The molecule has 1 N–H and O–H groups in total. The molecular weight excluding hydrogens is 280 g/mol. The van der Waals surface area contributed by atoms with Crippen molar-refractivity contribution < 1.29 is 0 Å². The van der Waals surface area contributed by atoms with Crippen LogP contribution in [0.3, 0.4) is 0 Å². The fourth-order valence-corrected chi connectivity index (χ4v) is 3.47. The molecule has 2 aromatic heterocycles. The Morgan fingerprint density at radius 1 is 1.05 bits per heavy atom. The lowest BCUT2D eigenvalue weighted by Gasteiger charge is -2.09. The first-order valence-corrected chi connectivity index (χ1v) is 7.74. The molecule has 0 radical (unpaired) electrons. The van der Waals surface area contributed by atoms with E-state index in [9.17, 15) is 0 Å². The highest BCUT2D eigenvalue weighted by molar-refractivity contribution is 7.99. The highest BCUT2D eigenvalue weighted by atomic mass is 32.2. The minimum atomic E-state index is 0.332. The molecule has 2 heterocycles. The Hall–Kier alpha value is -2.27. The van der Waals surface area contributed by atoms with Crippen molar-refractivity contribution in [3.05, 3.63) is 60.2 Å². The Morgan fingerprint density at radius 2 is 1.81 bits per heavy atom. The Bertz CT molecular complexity index is 894. The molecule has 4 nitrogen and oxygen atoms in total. The second-order valence-corrected chi connectivity index (χ2v) is 6.24. The van der Waals surface area contributed by atoms with Gasteiger partial charge < -0.3 is 0 Å². The summed E-state index contributed by atoms with van der Waals surface area (Å²) in [4.78, 5) is 4.55. The number of thioether (sulfide) groups is 1. The Labute approximate surface area is 126 Å². The number of hydrogen-bond acceptors (Lipinski definition) is 3. The first-order valence-electron chi connectivity index (χ1n) is 6.86. The van der Waals surface area contributed by atoms with Crippen LogP contribution in [0.15, 0.2) is 59.8 Å². The lowest BCUT2D eigenvalue weighted by Crippen LogP contribution is -1.91. The van der Waals surface area contributed by atoms with Crippen LogP contribution in [-0.2, 0) is 0 Å². The molecule has 0 bridgehead atoms. The van der Waals surface area contributed by atoms with Crippen LogP contribution in [-0.4, -0.2) is 19.6 Å². The lowest BCUT2D eigenvalue weighted by molar-refractivity contribution is 0.929. The summed E-state index contributed by atoms with van der Waals surface area (Å²) in [6.07, 6.45) is 0. The van der Waals surface area contributed by atoms with Gasteiger partial charge in [0.25, 0.3) is 0 Å². The number of nitrogens with zero attached hydrogens (tertiary/aromatic N) is 3. The molecule has 1 atom stereocenters. The molecule has 4 rings (SSSR count). The van der Waals surface area contributed by atoms with Crippen molar-refractivity contribution in [1.82, 2.24) is 19.6 Å².